The summed E-state index contributed by atoms with van der Waals surface area (Å²) in [5, 5.41) is 7.64. The Morgan fingerprint density at radius 3 is 2.30 bits per heavy atom. The first-order chi connectivity index (χ1) is 17.5. The number of carbonyl (C=O) groups excluding carboxylic acids is 3. The fourth-order valence-corrected chi connectivity index (χ4v) is 4.34. The summed E-state index contributed by atoms with van der Waals surface area (Å²) in [5.41, 5.74) is 1.54. The maximum Gasteiger partial charge on any atom is 0.408 e. The van der Waals surface area contributed by atoms with Crippen LogP contribution < -0.4 is 10.6 Å². The number of amides is 3. The molecule has 0 radical (unpaired) electrons. The summed E-state index contributed by atoms with van der Waals surface area (Å²) in [4.78, 5) is 41.3. The number of likely N-dealkylation sites (N-methyl/N-ethyl adjacent to an activating group) is 1. The van der Waals surface area contributed by atoms with E-state index in [1.807, 2.05) is 73.7 Å². The van der Waals surface area contributed by atoms with Crippen LogP contribution in [0.4, 0.5) is 10.5 Å². The van der Waals surface area contributed by atoms with Crippen LogP contribution in [-0.4, -0.2) is 46.7 Å². The SMILES string of the molecule is CCN(C(=O)C(CS)NC(=O)OC(C)(C)C)C(C(=O)Nc1ccc2ccccc2c1)c1cccc(C)c1. The number of nitrogens with one attached hydrogen (secondary N) is 2. The Morgan fingerprint density at radius 1 is 0.973 bits per heavy atom. The molecule has 7 nitrogen and oxygen atoms in total. The fraction of sp³-hybridized carbons (Fsp3) is 0.345. The van der Waals surface area contributed by atoms with Crippen LogP contribution in [0.15, 0.2) is 66.7 Å². The summed E-state index contributed by atoms with van der Waals surface area (Å²) in [7, 11) is 0. The zero-order valence-corrected chi connectivity index (χ0v) is 22.8. The van der Waals surface area contributed by atoms with Crippen LogP contribution in [-0.2, 0) is 14.3 Å². The Balaban J connectivity index is 1.92. The van der Waals surface area contributed by atoms with Crippen molar-refractivity contribution >= 4 is 47.0 Å². The van der Waals surface area contributed by atoms with Crippen molar-refractivity contribution in [3.05, 3.63) is 77.9 Å². The molecular weight excluding hydrogens is 486 g/mol. The van der Waals surface area contributed by atoms with Gasteiger partial charge in [-0.15, -0.1) is 0 Å². The number of alkyl carbamates (subject to hydrolysis) is 1. The number of hydrogen-bond donors (Lipinski definition) is 3. The summed E-state index contributed by atoms with van der Waals surface area (Å²) >= 11 is 4.29. The molecule has 0 saturated heterocycles. The van der Waals surface area contributed by atoms with Crippen LogP contribution in [0.3, 0.4) is 0 Å². The first kappa shape index (κ1) is 28.1. The zero-order chi connectivity index (χ0) is 27.2. The molecule has 3 aromatic carbocycles. The molecule has 0 aliphatic carbocycles. The van der Waals surface area contributed by atoms with E-state index in [0.29, 0.717) is 11.3 Å². The summed E-state index contributed by atoms with van der Waals surface area (Å²) in [6, 6.07) is 19.2. The molecule has 0 aromatic heterocycles. The molecule has 8 heteroatoms. The first-order valence-corrected chi connectivity index (χ1v) is 12.9. The van der Waals surface area contributed by atoms with Gasteiger partial charge in [-0.25, -0.2) is 4.79 Å². The maximum absolute atomic E-state index is 13.7. The van der Waals surface area contributed by atoms with Gasteiger partial charge in [-0.05, 0) is 63.1 Å². The molecule has 196 valence electrons. The Hall–Kier alpha value is -3.52. The summed E-state index contributed by atoms with van der Waals surface area (Å²) in [6.45, 7) is 9.20. The van der Waals surface area contributed by atoms with Gasteiger partial charge in [-0.3, -0.25) is 9.59 Å². The lowest BCUT2D eigenvalue weighted by molar-refractivity contribution is -0.140. The summed E-state index contributed by atoms with van der Waals surface area (Å²) in [5.74, 6) is -0.740. The van der Waals surface area contributed by atoms with E-state index in [1.54, 1.807) is 27.7 Å². The minimum absolute atomic E-state index is 0.0431. The van der Waals surface area contributed by atoms with E-state index in [-0.39, 0.29) is 18.2 Å². The van der Waals surface area contributed by atoms with E-state index in [0.717, 1.165) is 16.3 Å². The van der Waals surface area contributed by atoms with Crippen LogP contribution >= 0.6 is 12.6 Å². The highest BCUT2D eigenvalue weighted by Gasteiger charge is 2.35. The molecule has 0 bridgehead atoms. The molecular formula is C29H35N3O4S. The Labute approximate surface area is 224 Å². The number of thiol groups is 1. The standard InChI is InChI=1S/C29H35N3O4S/c1-6-32(27(34)24(18-37)31-28(35)36-29(3,4)5)25(22-13-9-10-19(2)16-22)26(33)30-23-15-14-20-11-7-8-12-21(20)17-23/h7-17,24-25,37H,6,18H2,1-5H3,(H,30,33)(H,31,35). The number of rotatable bonds is 8. The number of anilines is 1. The number of nitrogens with zero attached hydrogens (tertiary/aromatic N) is 1. The Morgan fingerprint density at radius 2 is 1.68 bits per heavy atom. The van der Waals surface area contributed by atoms with Gasteiger partial charge in [0.05, 0.1) is 0 Å². The molecule has 2 N–H and O–H groups in total. The highest BCUT2D eigenvalue weighted by atomic mass is 32.1. The lowest BCUT2D eigenvalue weighted by Crippen LogP contribution is -2.53. The van der Waals surface area contributed by atoms with E-state index >= 15 is 0 Å². The lowest BCUT2D eigenvalue weighted by atomic mass is 10.0. The molecule has 0 fully saturated rings. The van der Waals surface area contributed by atoms with Gasteiger partial charge in [0.25, 0.3) is 5.91 Å². The average molecular weight is 522 g/mol. The second-order valence-electron chi connectivity index (χ2n) is 9.87. The molecule has 3 aromatic rings. The lowest BCUT2D eigenvalue weighted by Gasteiger charge is -2.33. The minimum atomic E-state index is -0.973. The third kappa shape index (κ3) is 7.49. The van der Waals surface area contributed by atoms with Crippen LogP contribution in [0.2, 0.25) is 0 Å². The largest absolute Gasteiger partial charge is 0.444 e. The number of ether oxygens (including phenoxy) is 1. The topological polar surface area (TPSA) is 87.7 Å². The van der Waals surface area contributed by atoms with E-state index in [2.05, 4.69) is 23.3 Å². The first-order valence-electron chi connectivity index (χ1n) is 12.3. The van der Waals surface area contributed by atoms with Crippen LogP contribution in [0.25, 0.3) is 10.8 Å². The molecule has 2 atom stereocenters. The molecule has 3 amide bonds. The molecule has 0 saturated carbocycles. The number of fused-ring (bicyclic) bond motifs is 1. The van der Waals surface area contributed by atoms with Gasteiger partial charge in [0.15, 0.2) is 0 Å². The molecule has 37 heavy (non-hydrogen) atoms. The van der Waals surface area contributed by atoms with Gasteiger partial charge in [0.2, 0.25) is 5.91 Å². The van der Waals surface area contributed by atoms with E-state index in [9.17, 15) is 14.4 Å². The predicted molar refractivity (Wildman–Crippen MR) is 151 cm³/mol. The van der Waals surface area contributed by atoms with Crippen molar-refractivity contribution in [3.8, 4) is 0 Å². The quantitative estimate of drug-likeness (QED) is 0.342. The number of carbonyl (C=O) groups is 3. The van der Waals surface area contributed by atoms with Gasteiger partial charge in [-0.1, -0.05) is 60.2 Å². The average Bonchev–Trinajstić information content (AvgIpc) is 2.84. The van der Waals surface area contributed by atoms with Gasteiger partial charge >= 0.3 is 6.09 Å². The smallest absolute Gasteiger partial charge is 0.408 e. The third-order valence-electron chi connectivity index (χ3n) is 5.73. The van der Waals surface area contributed by atoms with E-state index in [1.165, 1.54) is 4.90 Å². The van der Waals surface area contributed by atoms with Crippen molar-refractivity contribution in [3.63, 3.8) is 0 Å². The second kappa shape index (κ2) is 12.1. The van der Waals surface area contributed by atoms with Crippen molar-refractivity contribution in [2.75, 3.05) is 17.6 Å². The van der Waals surface area contributed by atoms with Crippen molar-refractivity contribution < 1.29 is 19.1 Å². The summed E-state index contributed by atoms with van der Waals surface area (Å²) < 4.78 is 5.32. The Bertz CT molecular complexity index is 1270. The molecule has 0 spiro atoms. The molecule has 0 heterocycles. The monoisotopic (exact) mass is 521 g/mol. The number of benzene rings is 3. The highest BCUT2D eigenvalue weighted by molar-refractivity contribution is 7.80. The third-order valence-corrected chi connectivity index (χ3v) is 6.10. The number of aryl methyl sites for hydroxylation is 1. The van der Waals surface area contributed by atoms with Crippen molar-refractivity contribution in [2.45, 2.75) is 52.3 Å². The van der Waals surface area contributed by atoms with Gasteiger partial charge < -0.3 is 20.3 Å². The van der Waals surface area contributed by atoms with Crippen molar-refractivity contribution in [2.24, 2.45) is 0 Å². The zero-order valence-electron chi connectivity index (χ0n) is 21.9. The summed E-state index contributed by atoms with van der Waals surface area (Å²) in [6.07, 6.45) is -0.719. The molecule has 2 unspecified atom stereocenters. The van der Waals surface area contributed by atoms with Crippen LogP contribution in [0, 0.1) is 6.92 Å². The minimum Gasteiger partial charge on any atom is -0.444 e. The van der Waals surface area contributed by atoms with Crippen molar-refractivity contribution in [1.82, 2.24) is 10.2 Å². The maximum atomic E-state index is 13.7. The fourth-order valence-electron chi connectivity index (χ4n) is 4.09. The van der Waals surface area contributed by atoms with Gasteiger partial charge in [0, 0.05) is 18.0 Å². The van der Waals surface area contributed by atoms with E-state index < -0.39 is 29.7 Å². The molecule has 3 rings (SSSR count). The van der Waals surface area contributed by atoms with Crippen molar-refractivity contribution in [1.29, 1.82) is 0 Å². The molecule has 0 aliphatic heterocycles. The highest BCUT2D eigenvalue weighted by Crippen LogP contribution is 2.26. The van der Waals surface area contributed by atoms with Gasteiger partial charge in [0.1, 0.15) is 17.7 Å². The van der Waals surface area contributed by atoms with Crippen LogP contribution in [0.5, 0.6) is 0 Å². The normalized spacial score (nSPS) is 12.9. The second-order valence-corrected chi connectivity index (χ2v) is 10.2. The van der Waals surface area contributed by atoms with Crippen LogP contribution in [0.1, 0.15) is 44.9 Å². The predicted octanol–water partition coefficient (Wildman–Crippen LogP) is 5.50. The number of hydrogen-bond acceptors (Lipinski definition) is 5. The van der Waals surface area contributed by atoms with E-state index in [4.69, 9.17) is 4.74 Å². The molecule has 0 aliphatic rings. The van der Waals surface area contributed by atoms with Gasteiger partial charge in [-0.2, -0.15) is 12.6 Å². The Kier molecular flexibility index (Phi) is 9.21.